The molecule has 1 unspecified atom stereocenters. The van der Waals surface area contributed by atoms with Gasteiger partial charge < -0.3 is 10.6 Å². The average molecular weight is 421 g/mol. The van der Waals surface area contributed by atoms with Crippen molar-refractivity contribution in [2.75, 3.05) is 10.6 Å². The average Bonchev–Trinajstić information content (AvgIpc) is 2.74. The second kappa shape index (κ2) is 9.71. The molecule has 30 heavy (non-hydrogen) atoms. The van der Waals surface area contributed by atoms with E-state index in [1.165, 1.54) is 36.0 Å². The van der Waals surface area contributed by atoms with Crippen LogP contribution in [-0.2, 0) is 4.79 Å². The summed E-state index contributed by atoms with van der Waals surface area (Å²) >= 11 is 1.36. The second-order valence-electron chi connectivity index (χ2n) is 6.40. The highest BCUT2D eigenvalue weighted by atomic mass is 32.2. The largest absolute Gasteiger partial charge is 0.325 e. The van der Waals surface area contributed by atoms with Crippen molar-refractivity contribution in [1.29, 1.82) is 0 Å². The number of carbonyl (C=O) groups is 2. The molecule has 0 spiro atoms. The van der Waals surface area contributed by atoms with Crippen molar-refractivity contribution >= 4 is 40.6 Å². The molecule has 0 aromatic heterocycles. The molecule has 3 aromatic carbocycles. The summed E-state index contributed by atoms with van der Waals surface area (Å²) in [4.78, 5) is 36.0. The van der Waals surface area contributed by atoms with Crippen LogP contribution in [0.15, 0.2) is 83.8 Å². The third-order valence-corrected chi connectivity index (χ3v) is 5.23. The van der Waals surface area contributed by atoms with Gasteiger partial charge in [-0.1, -0.05) is 30.3 Å². The lowest BCUT2D eigenvalue weighted by molar-refractivity contribution is -0.384. The molecule has 0 radical (unpaired) electrons. The number of carbonyl (C=O) groups excluding carboxylic acids is 2. The molecule has 1 atom stereocenters. The maximum Gasteiger partial charge on any atom is 0.270 e. The smallest absolute Gasteiger partial charge is 0.270 e. The summed E-state index contributed by atoms with van der Waals surface area (Å²) in [5.74, 6) is -0.576. The van der Waals surface area contributed by atoms with Crippen LogP contribution in [0.3, 0.4) is 0 Å². The number of benzene rings is 3. The Balaban J connectivity index is 1.64. The Morgan fingerprint density at radius 3 is 2.33 bits per heavy atom. The minimum Gasteiger partial charge on any atom is -0.325 e. The summed E-state index contributed by atoms with van der Waals surface area (Å²) in [6, 6.07) is 21.8. The van der Waals surface area contributed by atoms with E-state index in [1.807, 2.05) is 36.4 Å². The van der Waals surface area contributed by atoms with Crippen LogP contribution < -0.4 is 10.6 Å². The molecule has 3 aromatic rings. The van der Waals surface area contributed by atoms with Gasteiger partial charge in [0, 0.05) is 34.0 Å². The lowest BCUT2D eigenvalue weighted by Gasteiger charge is -2.13. The SMILES string of the molecule is CC(Sc1cccc(NC(=O)c2cccc([N+](=O)[O-])c2)c1)C(=O)Nc1ccccc1. The molecule has 0 heterocycles. The number of amides is 2. The van der Waals surface area contributed by atoms with Gasteiger partial charge in [0.2, 0.25) is 5.91 Å². The number of nitrogens with zero attached hydrogens (tertiary/aromatic N) is 1. The first kappa shape index (κ1) is 21.1. The highest BCUT2D eigenvalue weighted by Crippen LogP contribution is 2.27. The van der Waals surface area contributed by atoms with Crippen LogP contribution >= 0.6 is 11.8 Å². The first-order valence-electron chi connectivity index (χ1n) is 9.11. The van der Waals surface area contributed by atoms with E-state index in [1.54, 1.807) is 25.1 Å². The van der Waals surface area contributed by atoms with E-state index in [0.29, 0.717) is 5.69 Å². The molecule has 7 nitrogen and oxygen atoms in total. The molecular formula is C22H19N3O4S. The fourth-order valence-corrected chi connectivity index (χ4v) is 3.56. The molecular weight excluding hydrogens is 402 g/mol. The highest BCUT2D eigenvalue weighted by Gasteiger charge is 2.16. The predicted molar refractivity (Wildman–Crippen MR) is 118 cm³/mol. The lowest BCUT2D eigenvalue weighted by atomic mass is 10.2. The van der Waals surface area contributed by atoms with Crippen molar-refractivity contribution in [1.82, 2.24) is 0 Å². The summed E-state index contributed by atoms with van der Waals surface area (Å²) in [5.41, 5.74) is 1.31. The number of hydrogen-bond acceptors (Lipinski definition) is 5. The fraction of sp³-hybridized carbons (Fsp3) is 0.0909. The molecule has 0 aliphatic heterocycles. The van der Waals surface area contributed by atoms with E-state index in [9.17, 15) is 19.7 Å². The van der Waals surface area contributed by atoms with Gasteiger partial charge in [-0.05, 0) is 43.3 Å². The number of anilines is 2. The molecule has 0 aliphatic carbocycles. The van der Waals surface area contributed by atoms with Gasteiger partial charge >= 0.3 is 0 Å². The summed E-state index contributed by atoms with van der Waals surface area (Å²) in [6.07, 6.45) is 0. The van der Waals surface area contributed by atoms with Gasteiger partial charge in [0.1, 0.15) is 0 Å². The summed E-state index contributed by atoms with van der Waals surface area (Å²) in [5, 5.41) is 16.1. The monoisotopic (exact) mass is 421 g/mol. The predicted octanol–water partition coefficient (Wildman–Crippen LogP) is 4.97. The molecule has 0 bridgehead atoms. The second-order valence-corrected chi connectivity index (χ2v) is 7.82. The van der Waals surface area contributed by atoms with E-state index in [4.69, 9.17) is 0 Å². The number of thioether (sulfide) groups is 1. The minimum absolute atomic E-state index is 0.128. The van der Waals surface area contributed by atoms with E-state index in [0.717, 1.165) is 10.6 Å². The first-order chi connectivity index (χ1) is 14.4. The summed E-state index contributed by atoms with van der Waals surface area (Å²) in [6.45, 7) is 1.80. The van der Waals surface area contributed by atoms with Crippen molar-refractivity contribution in [3.63, 3.8) is 0 Å². The third kappa shape index (κ3) is 5.68. The van der Waals surface area contributed by atoms with Crippen LogP contribution in [0.4, 0.5) is 17.1 Å². The van der Waals surface area contributed by atoms with E-state index in [2.05, 4.69) is 10.6 Å². The number of rotatable bonds is 7. The zero-order valence-electron chi connectivity index (χ0n) is 16.1. The molecule has 0 aliphatic rings. The van der Waals surface area contributed by atoms with Gasteiger partial charge in [0.15, 0.2) is 0 Å². The van der Waals surface area contributed by atoms with Crippen LogP contribution in [0.5, 0.6) is 0 Å². The molecule has 2 N–H and O–H groups in total. The number of nitrogens with one attached hydrogen (secondary N) is 2. The number of non-ortho nitro benzene ring substituents is 1. The maximum absolute atomic E-state index is 12.4. The fourth-order valence-electron chi connectivity index (χ4n) is 2.63. The van der Waals surface area contributed by atoms with Crippen molar-refractivity contribution in [3.8, 4) is 0 Å². The Labute approximate surface area is 177 Å². The number of para-hydroxylation sites is 1. The Hall–Kier alpha value is -3.65. The Morgan fingerprint density at radius 1 is 0.900 bits per heavy atom. The molecule has 3 rings (SSSR count). The first-order valence-corrected chi connectivity index (χ1v) is 9.99. The Bertz CT molecular complexity index is 1070. The van der Waals surface area contributed by atoms with Gasteiger partial charge in [0.25, 0.3) is 11.6 Å². The topological polar surface area (TPSA) is 101 Å². The molecule has 8 heteroatoms. The Kier molecular flexibility index (Phi) is 6.82. The molecule has 0 fully saturated rings. The van der Waals surface area contributed by atoms with Crippen LogP contribution in [0.25, 0.3) is 0 Å². The minimum atomic E-state index is -0.546. The van der Waals surface area contributed by atoms with Gasteiger partial charge in [0.05, 0.1) is 10.2 Å². The van der Waals surface area contributed by atoms with Crippen LogP contribution in [0.1, 0.15) is 17.3 Å². The summed E-state index contributed by atoms with van der Waals surface area (Å²) in [7, 11) is 0. The lowest BCUT2D eigenvalue weighted by Crippen LogP contribution is -2.22. The molecule has 0 saturated carbocycles. The van der Waals surface area contributed by atoms with Crippen molar-refractivity contribution < 1.29 is 14.5 Å². The van der Waals surface area contributed by atoms with E-state index in [-0.39, 0.29) is 22.4 Å². The van der Waals surface area contributed by atoms with E-state index < -0.39 is 10.8 Å². The van der Waals surface area contributed by atoms with Gasteiger partial charge in [-0.15, -0.1) is 11.8 Å². The van der Waals surface area contributed by atoms with Crippen molar-refractivity contribution in [2.45, 2.75) is 17.1 Å². The molecule has 2 amide bonds. The molecule has 152 valence electrons. The molecule has 0 saturated heterocycles. The van der Waals surface area contributed by atoms with Crippen molar-refractivity contribution in [2.24, 2.45) is 0 Å². The highest BCUT2D eigenvalue weighted by molar-refractivity contribution is 8.00. The third-order valence-electron chi connectivity index (χ3n) is 4.13. The number of hydrogen-bond donors (Lipinski definition) is 2. The van der Waals surface area contributed by atoms with Gasteiger partial charge in [-0.3, -0.25) is 19.7 Å². The number of nitro groups is 1. The quantitative estimate of drug-likeness (QED) is 0.319. The van der Waals surface area contributed by atoms with Crippen molar-refractivity contribution in [3.05, 3.63) is 94.5 Å². The van der Waals surface area contributed by atoms with Gasteiger partial charge in [-0.25, -0.2) is 0 Å². The van der Waals surface area contributed by atoms with Gasteiger partial charge in [-0.2, -0.15) is 0 Å². The standard InChI is InChI=1S/C22H19N3O4S/c1-15(21(26)23-17-8-3-2-4-9-17)30-20-12-6-10-18(14-20)24-22(27)16-7-5-11-19(13-16)25(28)29/h2-15H,1H3,(H,23,26)(H,24,27). The van der Waals surface area contributed by atoms with Crippen LogP contribution in [0.2, 0.25) is 0 Å². The normalized spacial score (nSPS) is 11.4. The van der Waals surface area contributed by atoms with Crippen LogP contribution in [0, 0.1) is 10.1 Å². The zero-order valence-corrected chi connectivity index (χ0v) is 16.9. The maximum atomic E-state index is 12.4. The Morgan fingerprint density at radius 2 is 1.60 bits per heavy atom. The van der Waals surface area contributed by atoms with E-state index >= 15 is 0 Å². The summed E-state index contributed by atoms with van der Waals surface area (Å²) < 4.78 is 0. The zero-order chi connectivity index (χ0) is 21.5. The number of nitro benzene ring substituents is 1. The van der Waals surface area contributed by atoms with Crippen LogP contribution in [-0.4, -0.2) is 22.0 Å².